The highest BCUT2D eigenvalue weighted by Crippen LogP contribution is 2.22. The van der Waals surface area contributed by atoms with Gasteiger partial charge in [0, 0.05) is 18.3 Å². The third-order valence-corrected chi connectivity index (χ3v) is 3.75. The molecule has 2 N–H and O–H groups in total. The summed E-state index contributed by atoms with van der Waals surface area (Å²) >= 11 is 0. The number of nitrogens with one attached hydrogen (secondary N) is 2. The first-order valence-electron chi connectivity index (χ1n) is 8.31. The fraction of sp³-hybridized carbons (Fsp3) is 0.300. The predicted molar refractivity (Wildman–Crippen MR) is 100.0 cm³/mol. The molecule has 5 nitrogen and oxygen atoms in total. The highest BCUT2D eigenvalue weighted by Gasteiger charge is 2.19. The zero-order valence-corrected chi connectivity index (χ0v) is 15.1. The Bertz CT molecular complexity index is 754. The smallest absolute Gasteiger partial charge is 0.265 e. The number of amides is 2. The average Bonchev–Trinajstić information content (AvgIpc) is 2.56. The molecule has 2 aromatic carbocycles. The molecule has 0 aromatic heterocycles. The standard InChI is InChI=1S/C20H24N2O3/c1-5-18(25-19-12-13(2)6-7-14(19)3)20(24)22-17-10-8-16(9-11-17)21-15(4)23/h6-12,18H,5H2,1-4H3,(H,21,23)(H,22,24)/t18-/m0/s1. The number of rotatable bonds is 6. The fourth-order valence-corrected chi connectivity index (χ4v) is 2.37. The second kappa shape index (κ2) is 8.33. The Balaban J connectivity index is 2.04. The third kappa shape index (κ3) is 5.35. The molecule has 132 valence electrons. The van der Waals surface area contributed by atoms with Gasteiger partial charge in [-0.05, 0) is 61.7 Å². The fourth-order valence-electron chi connectivity index (χ4n) is 2.37. The molecule has 2 amide bonds. The summed E-state index contributed by atoms with van der Waals surface area (Å²) in [5.74, 6) is 0.392. The molecule has 0 heterocycles. The van der Waals surface area contributed by atoms with E-state index in [9.17, 15) is 9.59 Å². The lowest BCUT2D eigenvalue weighted by molar-refractivity contribution is -0.122. The molecule has 0 aliphatic rings. The highest BCUT2D eigenvalue weighted by molar-refractivity contribution is 5.95. The van der Waals surface area contributed by atoms with Crippen LogP contribution in [0.4, 0.5) is 11.4 Å². The molecule has 0 radical (unpaired) electrons. The van der Waals surface area contributed by atoms with Gasteiger partial charge in [-0.3, -0.25) is 9.59 Å². The van der Waals surface area contributed by atoms with Crippen LogP contribution < -0.4 is 15.4 Å². The van der Waals surface area contributed by atoms with E-state index in [1.165, 1.54) is 6.92 Å². The van der Waals surface area contributed by atoms with E-state index >= 15 is 0 Å². The molecule has 0 aliphatic heterocycles. The van der Waals surface area contributed by atoms with Gasteiger partial charge in [0.05, 0.1) is 0 Å². The molecule has 0 fully saturated rings. The second-order valence-electron chi connectivity index (χ2n) is 6.03. The van der Waals surface area contributed by atoms with Crippen molar-refractivity contribution in [1.82, 2.24) is 0 Å². The molecule has 0 saturated carbocycles. The quantitative estimate of drug-likeness (QED) is 0.833. The molecule has 0 aliphatic carbocycles. The molecular formula is C20H24N2O3. The lowest BCUT2D eigenvalue weighted by Crippen LogP contribution is -2.32. The Labute approximate surface area is 148 Å². The molecule has 0 spiro atoms. The van der Waals surface area contributed by atoms with E-state index in [0.29, 0.717) is 17.8 Å². The van der Waals surface area contributed by atoms with Crippen molar-refractivity contribution in [1.29, 1.82) is 0 Å². The largest absolute Gasteiger partial charge is 0.480 e. The number of carbonyl (C=O) groups is 2. The third-order valence-electron chi connectivity index (χ3n) is 3.75. The van der Waals surface area contributed by atoms with E-state index in [1.54, 1.807) is 24.3 Å². The number of hydrogen-bond donors (Lipinski definition) is 2. The zero-order chi connectivity index (χ0) is 18.4. The summed E-state index contributed by atoms with van der Waals surface area (Å²) in [5.41, 5.74) is 3.42. The van der Waals surface area contributed by atoms with Gasteiger partial charge >= 0.3 is 0 Å². The van der Waals surface area contributed by atoms with Crippen LogP contribution in [-0.4, -0.2) is 17.9 Å². The Hall–Kier alpha value is -2.82. The normalized spacial score (nSPS) is 11.5. The molecular weight excluding hydrogens is 316 g/mol. The molecule has 0 unspecified atom stereocenters. The van der Waals surface area contributed by atoms with Crippen LogP contribution in [0, 0.1) is 13.8 Å². The Morgan fingerprint density at radius 2 is 1.60 bits per heavy atom. The van der Waals surface area contributed by atoms with Gasteiger partial charge in [-0.2, -0.15) is 0 Å². The summed E-state index contributed by atoms with van der Waals surface area (Å²) in [6, 6.07) is 12.9. The topological polar surface area (TPSA) is 67.4 Å². The van der Waals surface area contributed by atoms with Crippen LogP contribution in [0.5, 0.6) is 5.75 Å². The van der Waals surface area contributed by atoms with Crippen molar-refractivity contribution in [2.24, 2.45) is 0 Å². The first kappa shape index (κ1) is 18.5. The molecule has 1 atom stereocenters. The molecule has 2 aromatic rings. The molecule has 2 rings (SSSR count). The monoisotopic (exact) mass is 340 g/mol. The SMILES string of the molecule is CC[C@H](Oc1cc(C)ccc1C)C(=O)Nc1ccc(NC(C)=O)cc1. The number of hydrogen-bond acceptors (Lipinski definition) is 3. The molecule has 5 heteroatoms. The van der Waals surface area contributed by atoms with E-state index in [1.807, 2.05) is 39.0 Å². The summed E-state index contributed by atoms with van der Waals surface area (Å²) < 4.78 is 5.92. The van der Waals surface area contributed by atoms with Crippen LogP contribution in [-0.2, 0) is 9.59 Å². The van der Waals surface area contributed by atoms with Crippen molar-refractivity contribution in [2.45, 2.75) is 40.2 Å². The van der Waals surface area contributed by atoms with E-state index in [2.05, 4.69) is 10.6 Å². The number of benzene rings is 2. The van der Waals surface area contributed by atoms with Crippen molar-refractivity contribution in [2.75, 3.05) is 10.6 Å². The first-order chi connectivity index (χ1) is 11.9. The summed E-state index contributed by atoms with van der Waals surface area (Å²) in [4.78, 5) is 23.5. The Kier molecular flexibility index (Phi) is 6.17. The van der Waals surface area contributed by atoms with Crippen LogP contribution >= 0.6 is 0 Å². The Morgan fingerprint density at radius 3 is 2.16 bits per heavy atom. The van der Waals surface area contributed by atoms with Crippen LogP contribution in [0.2, 0.25) is 0 Å². The molecule has 0 bridgehead atoms. The van der Waals surface area contributed by atoms with Crippen LogP contribution in [0.25, 0.3) is 0 Å². The van der Waals surface area contributed by atoms with E-state index in [-0.39, 0.29) is 11.8 Å². The summed E-state index contributed by atoms with van der Waals surface area (Å²) in [5, 5.41) is 5.54. The van der Waals surface area contributed by atoms with Gasteiger partial charge in [0.15, 0.2) is 6.10 Å². The van der Waals surface area contributed by atoms with Gasteiger partial charge in [0.2, 0.25) is 5.91 Å². The van der Waals surface area contributed by atoms with Gasteiger partial charge in [-0.15, -0.1) is 0 Å². The van der Waals surface area contributed by atoms with E-state index in [4.69, 9.17) is 4.74 Å². The van der Waals surface area contributed by atoms with Gasteiger partial charge in [0.25, 0.3) is 5.91 Å². The van der Waals surface area contributed by atoms with Crippen molar-refractivity contribution in [3.05, 3.63) is 53.6 Å². The number of anilines is 2. The predicted octanol–water partition coefficient (Wildman–Crippen LogP) is 4.06. The van der Waals surface area contributed by atoms with Crippen molar-refractivity contribution in [3.63, 3.8) is 0 Å². The maximum atomic E-state index is 12.5. The molecule has 25 heavy (non-hydrogen) atoms. The average molecular weight is 340 g/mol. The highest BCUT2D eigenvalue weighted by atomic mass is 16.5. The lowest BCUT2D eigenvalue weighted by Gasteiger charge is -2.19. The maximum absolute atomic E-state index is 12.5. The minimum absolute atomic E-state index is 0.134. The zero-order valence-electron chi connectivity index (χ0n) is 15.1. The van der Waals surface area contributed by atoms with E-state index in [0.717, 1.165) is 16.9 Å². The van der Waals surface area contributed by atoms with Crippen LogP contribution in [0.1, 0.15) is 31.4 Å². The second-order valence-corrected chi connectivity index (χ2v) is 6.03. The van der Waals surface area contributed by atoms with Crippen LogP contribution in [0.15, 0.2) is 42.5 Å². The van der Waals surface area contributed by atoms with Crippen molar-refractivity contribution in [3.8, 4) is 5.75 Å². The van der Waals surface area contributed by atoms with Crippen molar-refractivity contribution < 1.29 is 14.3 Å². The lowest BCUT2D eigenvalue weighted by atomic mass is 10.1. The summed E-state index contributed by atoms with van der Waals surface area (Å²) in [7, 11) is 0. The van der Waals surface area contributed by atoms with Gasteiger partial charge in [-0.25, -0.2) is 0 Å². The number of carbonyl (C=O) groups excluding carboxylic acids is 2. The number of aryl methyl sites for hydroxylation is 2. The minimum Gasteiger partial charge on any atom is -0.480 e. The maximum Gasteiger partial charge on any atom is 0.265 e. The summed E-state index contributed by atoms with van der Waals surface area (Å²) in [6.07, 6.45) is -0.0149. The van der Waals surface area contributed by atoms with Gasteiger partial charge < -0.3 is 15.4 Å². The van der Waals surface area contributed by atoms with Crippen LogP contribution in [0.3, 0.4) is 0 Å². The van der Waals surface area contributed by atoms with Gasteiger partial charge in [-0.1, -0.05) is 19.1 Å². The van der Waals surface area contributed by atoms with E-state index < -0.39 is 6.10 Å². The molecule has 0 saturated heterocycles. The van der Waals surface area contributed by atoms with Gasteiger partial charge in [0.1, 0.15) is 5.75 Å². The Morgan fingerprint density at radius 1 is 1.00 bits per heavy atom. The number of ether oxygens (including phenoxy) is 1. The minimum atomic E-state index is -0.574. The van der Waals surface area contributed by atoms with Crippen molar-refractivity contribution >= 4 is 23.2 Å². The first-order valence-corrected chi connectivity index (χ1v) is 8.31. The summed E-state index contributed by atoms with van der Waals surface area (Å²) in [6.45, 7) is 7.31.